The normalized spacial score (nSPS) is 20.6. The van der Waals surface area contributed by atoms with Crippen molar-refractivity contribution in [2.75, 3.05) is 0 Å². The molecule has 2 aromatic rings. The molecule has 0 saturated carbocycles. The summed E-state index contributed by atoms with van der Waals surface area (Å²) in [6.45, 7) is 2.04. The van der Waals surface area contributed by atoms with Gasteiger partial charge in [0.05, 0.1) is 5.92 Å². The smallest absolute Gasteiger partial charge is 0.252 e. The van der Waals surface area contributed by atoms with Crippen molar-refractivity contribution in [3.63, 3.8) is 0 Å². The molecule has 1 heterocycles. The van der Waals surface area contributed by atoms with Crippen LogP contribution in [-0.4, -0.2) is 22.8 Å². The van der Waals surface area contributed by atoms with Gasteiger partial charge < -0.3 is 0 Å². The number of benzene rings is 2. The highest BCUT2D eigenvalue weighted by molar-refractivity contribution is 6.07. The van der Waals surface area contributed by atoms with Crippen molar-refractivity contribution in [3.8, 4) is 0 Å². The lowest BCUT2D eigenvalue weighted by atomic mass is 9.86. The molecule has 4 nitrogen and oxygen atoms in total. The van der Waals surface area contributed by atoms with Crippen LogP contribution in [0.1, 0.15) is 22.8 Å². The summed E-state index contributed by atoms with van der Waals surface area (Å²) in [5, 5.41) is 1.22. The second kappa shape index (κ2) is 6.12. The molecular weight excluding hydrogens is 278 g/mol. The first-order valence-corrected chi connectivity index (χ1v) is 7.27. The van der Waals surface area contributed by atoms with E-state index in [2.05, 4.69) is 0 Å². The van der Waals surface area contributed by atoms with Gasteiger partial charge in [0, 0.05) is 5.56 Å². The second-order valence-electron chi connectivity index (χ2n) is 5.39. The van der Waals surface area contributed by atoms with E-state index in [9.17, 15) is 9.59 Å². The van der Waals surface area contributed by atoms with Crippen molar-refractivity contribution in [1.82, 2.24) is 5.06 Å². The highest BCUT2D eigenvalue weighted by Gasteiger charge is 2.50. The van der Waals surface area contributed by atoms with Crippen LogP contribution in [0.3, 0.4) is 0 Å². The van der Waals surface area contributed by atoms with E-state index in [1.54, 1.807) is 19.1 Å². The number of carbonyl (C=O) groups is 2. The highest BCUT2D eigenvalue weighted by atomic mass is 16.7. The van der Waals surface area contributed by atoms with Crippen LogP contribution in [-0.2, 0) is 16.2 Å². The first kappa shape index (κ1) is 14.5. The lowest BCUT2D eigenvalue weighted by molar-refractivity contribution is -0.237. The predicted octanol–water partition coefficient (Wildman–Crippen LogP) is 2.85. The maximum Gasteiger partial charge on any atom is 0.252 e. The zero-order chi connectivity index (χ0) is 15.5. The summed E-state index contributed by atoms with van der Waals surface area (Å²) in [4.78, 5) is 30.1. The molecule has 0 N–H and O–H groups in total. The largest absolute Gasteiger partial charge is 0.292 e. The van der Waals surface area contributed by atoms with E-state index < -0.39 is 6.04 Å². The molecule has 0 spiro atoms. The van der Waals surface area contributed by atoms with Gasteiger partial charge in [-0.2, -0.15) is 0 Å². The van der Waals surface area contributed by atoms with Gasteiger partial charge in [-0.1, -0.05) is 67.6 Å². The van der Waals surface area contributed by atoms with Crippen molar-refractivity contribution in [3.05, 3.63) is 71.8 Å². The highest BCUT2D eigenvalue weighted by Crippen LogP contribution is 2.30. The Bertz CT molecular complexity index is 669. The number of rotatable bonds is 5. The van der Waals surface area contributed by atoms with E-state index >= 15 is 0 Å². The Hall–Kier alpha value is -2.46. The lowest BCUT2D eigenvalue weighted by Gasteiger charge is -2.42. The molecule has 4 heteroatoms. The minimum absolute atomic E-state index is 0.0826. The summed E-state index contributed by atoms with van der Waals surface area (Å²) in [6.07, 6.45) is 0. The fourth-order valence-corrected chi connectivity index (χ4v) is 2.56. The van der Waals surface area contributed by atoms with Crippen molar-refractivity contribution < 1.29 is 14.4 Å². The monoisotopic (exact) mass is 295 g/mol. The standard InChI is InChI=1S/C18H17NO3/c1-13-16(17(20)15-10-6-3-7-11-15)19(18(13)21)22-12-14-8-4-2-5-9-14/h2-11,13,16H,12H2,1H3/t13-,16+/m0/s1. The molecule has 0 radical (unpaired) electrons. The van der Waals surface area contributed by atoms with Gasteiger partial charge in [0.15, 0.2) is 5.78 Å². The van der Waals surface area contributed by atoms with Gasteiger partial charge in [-0.05, 0) is 5.56 Å². The molecule has 0 aromatic heterocycles. The van der Waals surface area contributed by atoms with Gasteiger partial charge in [-0.15, -0.1) is 0 Å². The van der Waals surface area contributed by atoms with Crippen LogP contribution in [0.5, 0.6) is 0 Å². The number of carbonyl (C=O) groups excluding carboxylic acids is 2. The summed E-state index contributed by atoms with van der Waals surface area (Å²) in [5.74, 6) is -0.575. The fourth-order valence-electron chi connectivity index (χ4n) is 2.56. The number of hydroxylamine groups is 2. The molecule has 2 atom stereocenters. The molecular formula is C18H17NO3. The van der Waals surface area contributed by atoms with Crippen LogP contribution in [0.4, 0.5) is 0 Å². The molecule has 1 amide bonds. The van der Waals surface area contributed by atoms with E-state index in [-0.39, 0.29) is 24.2 Å². The molecule has 112 valence electrons. The maximum absolute atomic E-state index is 12.5. The minimum Gasteiger partial charge on any atom is -0.292 e. The predicted molar refractivity (Wildman–Crippen MR) is 81.8 cm³/mol. The van der Waals surface area contributed by atoms with Gasteiger partial charge in [0.2, 0.25) is 0 Å². The quantitative estimate of drug-likeness (QED) is 0.629. The Balaban J connectivity index is 1.70. The SMILES string of the molecule is C[C@@H]1C(=O)N(OCc2ccccc2)[C@H]1C(=O)c1ccccc1. The molecule has 1 saturated heterocycles. The van der Waals surface area contributed by atoms with E-state index in [1.807, 2.05) is 48.5 Å². The molecule has 1 fully saturated rings. The Morgan fingerprint density at radius 3 is 2.27 bits per heavy atom. The first-order valence-electron chi connectivity index (χ1n) is 7.27. The second-order valence-corrected chi connectivity index (χ2v) is 5.39. The Kier molecular flexibility index (Phi) is 4.02. The third-order valence-electron chi connectivity index (χ3n) is 3.87. The Morgan fingerprint density at radius 2 is 1.64 bits per heavy atom. The number of hydrogen-bond acceptors (Lipinski definition) is 3. The van der Waals surface area contributed by atoms with Crippen molar-refractivity contribution >= 4 is 11.7 Å². The Morgan fingerprint density at radius 1 is 1.05 bits per heavy atom. The van der Waals surface area contributed by atoms with E-state index in [1.165, 1.54) is 5.06 Å². The zero-order valence-electron chi connectivity index (χ0n) is 12.3. The molecule has 1 aliphatic rings. The van der Waals surface area contributed by atoms with Gasteiger partial charge in [0.25, 0.3) is 5.91 Å². The van der Waals surface area contributed by atoms with Gasteiger partial charge in [-0.3, -0.25) is 14.4 Å². The van der Waals surface area contributed by atoms with Crippen LogP contribution in [0.15, 0.2) is 60.7 Å². The number of ketones is 1. The summed E-state index contributed by atoms with van der Waals surface area (Å²) in [7, 11) is 0. The molecule has 0 bridgehead atoms. The number of Topliss-reactive ketones (excluding diaryl/α,β-unsaturated/α-hetero) is 1. The van der Waals surface area contributed by atoms with E-state index in [0.717, 1.165) is 5.56 Å². The van der Waals surface area contributed by atoms with Crippen molar-refractivity contribution in [2.45, 2.75) is 19.6 Å². The topological polar surface area (TPSA) is 46.6 Å². The molecule has 0 unspecified atom stereocenters. The number of β-lactam (4-membered cyclic amide) rings is 1. The molecule has 0 aliphatic carbocycles. The summed E-state index contributed by atoms with van der Waals surface area (Å²) in [6, 6.07) is 18.0. The van der Waals surface area contributed by atoms with Crippen LogP contribution in [0, 0.1) is 5.92 Å². The van der Waals surface area contributed by atoms with Crippen LogP contribution in [0.25, 0.3) is 0 Å². The average Bonchev–Trinajstić information content (AvgIpc) is 2.59. The van der Waals surface area contributed by atoms with Gasteiger partial charge >= 0.3 is 0 Å². The molecule has 2 aromatic carbocycles. The van der Waals surface area contributed by atoms with Gasteiger partial charge in [0.1, 0.15) is 12.6 Å². The van der Waals surface area contributed by atoms with Crippen LogP contribution < -0.4 is 0 Å². The summed E-state index contributed by atoms with van der Waals surface area (Å²) >= 11 is 0. The maximum atomic E-state index is 12.5. The van der Waals surface area contributed by atoms with Crippen molar-refractivity contribution in [2.24, 2.45) is 5.92 Å². The zero-order valence-corrected chi connectivity index (χ0v) is 12.3. The summed E-state index contributed by atoms with van der Waals surface area (Å²) < 4.78 is 0. The molecule has 3 rings (SSSR count). The van der Waals surface area contributed by atoms with Gasteiger partial charge in [-0.25, -0.2) is 5.06 Å². The first-order chi connectivity index (χ1) is 10.7. The number of nitrogens with zero attached hydrogens (tertiary/aromatic N) is 1. The average molecular weight is 295 g/mol. The summed E-state index contributed by atoms with van der Waals surface area (Å²) in [5.41, 5.74) is 1.56. The Labute approximate surface area is 129 Å². The van der Waals surface area contributed by atoms with Crippen molar-refractivity contribution in [1.29, 1.82) is 0 Å². The van der Waals surface area contributed by atoms with Crippen LogP contribution >= 0.6 is 0 Å². The number of hydrogen-bond donors (Lipinski definition) is 0. The number of amides is 1. The third-order valence-corrected chi connectivity index (χ3v) is 3.87. The third kappa shape index (κ3) is 2.65. The van der Waals surface area contributed by atoms with E-state index in [0.29, 0.717) is 5.56 Å². The fraction of sp³-hybridized carbons (Fsp3) is 0.222. The lowest BCUT2D eigenvalue weighted by Crippen LogP contribution is -2.62. The molecule has 1 aliphatic heterocycles. The van der Waals surface area contributed by atoms with E-state index in [4.69, 9.17) is 4.84 Å². The molecule has 22 heavy (non-hydrogen) atoms. The van der Waals surface area contributed by atoms with Crippen LogP contribution in [0.2, 0.25) is 0 Å². The minimum atomic E-state index is -0.543.